The number of aldehydes is 1. The number of carbonyl (C=O) groups excluding carboxylic acids is 2. The SMILES string of the molecule is O=Cc1ccc(N2CCC(C(=O)NCCn3ncc4ccccc4c3=O)CC2)cc1. The second-order valence-electron chi connectivity index (χ2n) is 7.52. The van der Waals surface area contributed by atoms with Gasteiger partial charge in [-0.3, -0.25) is 14.4 Å². The summed E-state index contributed by atoms with van der Waals surface area (Å²) in [5.74, 6) is -0.00317. The van der Waals surface area contributed by atoms with Crippen molar-refractivity contribution in [3.63, 3.8) is 0 Å². The van der Waals surface area contributed by atoms with Crippen molar-refractivity contribution in [1.29, 1.82) is 0 Å². The van der Waals surface area contributed by atoms with Crippen LogP contribution in [0, 0.1) is 5.92 Å². The summed E-state index contributed by atoms with van der Waals surface area (Å²) in [6.45, 7) is 2.31. The number of piperidine rings is 1. The number of hydrogen-bond acceptors (Lipinski definition) is 5. The number of aromatic nitrogens is 2. The highest BCUT2D eigenvalue weighted by Gasteiger charge is 2.24. The predicted octanol–water partition coefficient (Wildman–Crippen LogP) is 2.24. The number of anilines is 1. The van der Waals surface area contributed by atoms with Crippen LogP contribution in [0.2, 0.25) is 0 Å². The van der Waals surface area contributed by atoms with Gasteiger partial charge in [0.1, 0.15) is 6.29 Å². The molecule has 3 aromatic rings. The van der Waals surface area contributed by atoms with Crippen molar-refractivity contribution >= 4 is 28.7 Å². The minimum atomic E-state index is -0.142. The Kier molecular flexibility index (Phi) is 5.88. The molecule has 154 valence electrons. The third-order valence-electron chi connectivity index (χ3n) is 5.64. The lowest BCUT2D eigenvalue weighted by molar-refractivity contribution is -0.125. The van der Waals surface area contributed by atoms with E-state index in [1.807, 2.05) is 42.5 Å². The monoisotopic (exact) mass is 404 g/mol. The van der Waals surface area contributed by atoms with Crippen molar-refractivity contribution in [1.82, 2.24) is 15.1 Å². The Morgan fingerprint density at radius 2 is 1.83 bits per heavy atom. The van der Waals surface area contributed by atoms with Crippen molar-refractivity contribution in [3.05, 3.63) is 70.6 Å². The fourth-order valence-electron chi connectivity index (χ4n) is 3.88. The first-order chi connectivity index (χ1) is 14.7. The van der Waals surface area contributed by atoms with E-state index in [4.69, 9.17) is 0 Å². The Morgan fingerprint density at radius 3 is 2.57 bits per heavy atom. The van der Waals surface area contributed by atoms with Crippen molar-refractivity contribution in [3.8, 4) is 0 Å². The summed E-state index contributed by atoms with van der Waals surface area (Å²) in [4.78, 5) is 38.0. The second-order valence-corrected chi connectivity index (χ2v) is 7.52. The predicted molar refractivity (Wildman–Crippen MR) is 116 cm³/mol. The summed E-state index contributed by atoms with van der Waals surface area (Å²) < 4.78 is 1.40. The highest BCUT2D eigenvalue weighted by atomic mass is 16.2. The lowest BCUT2D eigenvalue weighted by atomic mass is 9.95. The first-order valence-corrected chi connectivity index (χ1v) is 10.2. The molecule has 7 heteroatoms. The normalized spacial score (nSPS) is 14.6. The largest absolute Gasteiger partial charge is 0.371 e. The van der Waals surface area contributed by atoms with Gasteiger partial charge in [-0.15, -0.1) is 0 Å². The second kappa shape index (κ2) is 8.90. The van der Waals surface area contributed by atoms with Gasteiger partial charge in [0.15, 0.2) is 0 Å². The van der Waals surface area contributed by atoms with Crippen molar-refractivity contribution in [2.75, 3.05) is 24.5 Å². The molecule has 0 bridgehead atoms. The fourth-order valence-corrected chi connectivity index (χ4v) is 3.88. The molecule has 2 heterocycles. The van der Waals surface area contributed by atoms with Crippen LogP contribution in [0.1, 0.15) is 23.2 Å². The van der Waals surface area contributed by atoms with Gasteiger partial charge in [-0.2, -0.15) is 5.10 Å². The maximum Gasteiger partial charge on any atom is 0.274 e. The van der Waals surface area contributed by atoms with Crippen LogP contribution in [-0.4, -0.2) is 41.6 Å². The zero-order chi connectivity index (χ0) is 20.9. The molecule has 7 nitrogen and oxygen atoms in total. The van der Waals surface area contributed by atoms with E-state index in [1.165, 1.54) is 4.68 Å². The average molecular weight is 404 g/mol. The molecule has 1 N–H and O–H groups in total. The molecular weight excluding hydrogens is 380 g/mol. The number of nitrogens with one attached hydrogen (secondary N) is 1. The summed E-state index contributed by atoms with van der Waals surface area (Å²) in [5, 5.41) is 8.59. The topological polar surface area (TPSA) is 84.3 Å². The molecule has 0 unspecified atom stereocenters. The summed E-state index contributed by atoms with van der Waals surface area (Å²) in [7, 11) is 0. The van der Waals surface area contributed by atoms with Gasteiger partial charge in [-0.25, -0.2) is 4.68 Å². The van der Waals surface area contributed by atoms with Crippen LogP contribution in [0.4, 0.5) is 5.69 Å². The van der Waals surface area contributed by atoms with Crippen molar-refractivity contribution in [2.45, 2.75) is 19.4 Å². The number of amides is 1. The highest BCUT2D eigenvalue weighted by molar-refractivity contribution is 5.80. The molecule has 30 heavy (non-hydrogen) atoms. The molecule has 0 spiro atoms. The molecule has 1 amide bonds. The lowest BCUT2D eigenvalue weighted by Gasteiger charge is -2.33. The quantitative estimate of drug-likeness (QED) is 0.637. The van der Waals surface area contributed by atoms with Gasteiger partial charge in [-0.05, 0) is 43.2 Å². The third-order valence-corrected chi connectivity index (χ3v) is 5.64. The number of benzene rings is 2. The number of fused-ring (bicyclic) bond motifs is 1. The molecule has 1 fully saturated rings. The van der Waals surface area contributed by atoms with E-state index in [0.717, 1.165) is 43.3 Å². The van der Waals surface area contributed by atoms with E-state index in [2.05, 4.69) is 15.3 Å². The Labute approximate surface area is 174 Å². The molecule has 0 aliphatic carbocycles. The summed E-state index contributed by atoms with van der Waals surface area (Å²) >= 11 is 0. The number of nitrogens with zero attached hydrogens (tertiary/aromatic N) is 3. The Balaban J connectivity index is 1.27. The maximum atomic E-state index is 12.5. The van der Waals surface area contributed by atoms with Gasteiger partial charge in [0.05, 0.1) is 18.1 Å². The van der Waals surface area contributed by atoms with E-state index in [9.17, 15) is 14.4 Å². The zero-order valence-corrected chi connectivity index (χ0v) is 16.7. The van der Waals surface area contributed by atoms with Crippen LogP contribution >= 0.6 is 0 Å². The van der Waals surface area contributed by atoms with Gasteiger partial charge >= 0.3 is 0 Å². The maximum absolute atomic E-state index is 12.5. The van der Waals surface area contributed by atoms with Crippen molar-refractivity contribution < 1.29 is 9.59 Å². The molecule has 0 atom stereocenters. The Morgan fingerprint density at radius 1 is 1.10 bits per heavy atom. The van der Waals surface area contributed by atoms with Crippen LogP contribution in [0.25, 0.3) is 10.8 Å². The van der Waals surface area contributed by atoms with Crippen molar-refractivity contribution in [2.24, 2.45) is 5.92 Å². The molecule has 0 radical (unpaired) electrons. The van der Waals surface area contributed by atoms with Gasteiger partial charge in [0.2, 0.25) is 5.91 Å². The van der Waals surface area contributed by atoms with Crippen LogP contribution in [0.3, 0.4) is 0 Å². The first-order valence-electron chi connectivity index (χ1n) is 10.2. The minimum Gasteiger partial charge on any atom is -0.371 e. The molecule has 2 aromatic carbocycles. The molecule has 0 saturated carbocycles. The van der Waals surface area contributed by atoms with Crippen LogP contribution in [0.5, 0.6) is 0 Å². The first kappa shape index (κ1) is 19.8. The number of rotatable bonds is 6. The van der Waals surface area contributed by atoms with Gasteiger partial charge in [0, 0.05) is 42.2 Å². The summed E-state index contributed by atoms with van der Waals surface area (Å²) in [6.07, 6.45) is 4.06. The van der Waals surface area contributed by atoms with E-state index >= 15 is 0 Å². The average Bonchev–Trinajstić information content (AvgIpc) is 2.81. The smallest absolute Gasteiger partial charge is 0.274 e. The van der Waals surface area contributed by atoms with E-state index in [0.29, 0.717) is 24.0 Å². The van der Waals surface area contributed by atoms with E-state index in [-0.39, 0.29) is 17.4 Å². The third kappa shape index (κ3) is 4.25. The summed E-state index contributed by atoms with van der Waals surface area (Å²) in [5.41, 5.74) is 1.59. The zero-order valence-electron chi connectivity index (χ0n) is 16.7. The highest BCUT2D eigenvalue weighted by Crippen LogP contribution is 2.23. The molecule has 4 rings (SSSR count). The molecule has 1 aliphatic heterocycles. The molecule has 1 aromatic heterocycles. The van der Waals surface area contributed by atoms with Crippen LogP contribution in [-0.2, 0) is 11.3 Å². The van der Waals surface area contributed by atoms with Gasteiger partial charge in [-0.1, -0.05) is 18.2 Å². The Bertz CT molecular complexity index is 1100. The van der Waals surface area contributed by atoms with E-state index in [1.54, 1.807) is 12.3 Å². The lowest BCUT2D eigenvalue weighted by Crippen LogP contribution is -2.41. The summed E-state index contributed by atoms with van der Waals surface area (Å²) in [6, 6.07) is 14.9. The van der Waals surface area contributed by atoms with Gasteiger partial charge < -0.3 is 10.2 Å². The van der Waals surface area contributed by atoms with E-state index < -0.39 is 0 Å². The number of hydrogen-bond donors (Lipinski definition) is 1. The molecule has 1 saturated heterocycles. The molecule has 1 aliphatic rings. The fraction of sp³-hybridized carbons (Fsp3) is 0.304. The van der Waals surface area contributed by atoms with Gasteiger partial charge in [0.25, 0.3) is 5.56 Å². The van der Waals surface area contributed by atoms with Crippen LogP contribution in [0.15, 0.2) is 59.5 Å². The minimum absolute atomic E-state index is 0.0276. The molecular formula is C23H24N4O3. The standard InChI is InChI=1S/C23H24N4O3/c28-16-17-5-7-20(8-6-17)26-12-9-18(10-13-26)22(29)24-11-14-27-23(30)21-4-2-1-3-19(21)15-25-27/h1-8,15-16,18H,9-14H2,(H,24,29). The Hall–Kier alpha value is -3.48. The van der Waals surface area contributed by atoms with Crippen LogP contribution < -0.4 is 15.8 Å². The number of carbonyl (C=O) groups is 2.